The first-order valence-corrected chi connectivity index (χ1v) is 9.93. The van der Waals surface area contributed by atoms with Gasteiger partial charge in [-0.05, 0) is 25.0 Å². The molecule has 1 saturated carbocycles. The van der Waals surface area contributed by atoms with E-state index in [1.54, 1.807) is 18.3 Å². The summed E-state index contributed by atoms with van der Waals surface area (Å²) in [5.74, 6) is 1.69. The molecule has 1 aliphatic heterocycles. The third-order valence-corrected chi connectivity index (χ3v) is 5.32. The summed E-state index contributed by atoms with van der Waals surface area (Å²) in [4.78, 5) is 28.3. The normalized spacial score (nSPS) is 18.1. The molecule has 4 rings (SSSR count). The minimum atomic E-state index is 0.0488. The molecular formula is C20H26N6O2. The summed E-state index contributed by atoms with van der Waals surface area (Å²) in [5, 5.41) is 3.02. The van der Waals surface area contributed by atoms with Crippen molar-refractivity contribution in [2.75, 3.05) is 42.3 Å². The lowest BCUT2D eigenvalue weighted by Crippen LogP contribution is -2.37. The Labute approximate surface area is 164 Å². The quantitative estimate of drug-likeness (QED) is 0.836. The Morgan fingerprint density at radius 3 is 2.64 bits per heavy atom. The maximum absolute atomic E-state index is 12.7. The SMILES string of the molecule is Nc1ccc(-c2cc(NC(=O)C3CCCCC3)nc(N3CCOCC3)n2)cn1. The molecule has 148 valence electrons. The number of morpholine rings is 1. The zero-order chi connectivity index (χ0) is 19.3. The Balaban J connectivity index is 1.62. The van der Waals surface area contributed by atoms with E-state index in [2.05, 4.69) is 20.2 Å². The van der Waals surface area contributed by atoms with E-state index in [1.807, 2.05) is 6.07 Å². The smallest absolute Gasteiger partial charge is 0.228 e. The van der Waals surface area contributed by atoms with Crippen LogP contribution in [-0.2, 0) is 9.53 Å². The molecular weight excluding hydrogens is 356 g/mol. The van der Waals surface area contributed by atoms with Crippen molar-refractivity contribution in [2.45, 2.75) is 32.1 Å². The average molecular weight is 382 g/mol. The number of hydrogen-bond donors (Lipinski definition) is 2. The van der Waals surface area contributed by atoms with Gasteiger partial charge in [0.05, 0.1) is 18.9 Å². The van der Waals surface area contributed by atoms with Gasteiger partial charge in [0, 0.05) is 36.8 Å². The molecule has 0 aromatic carbocycles. The van der Waals surface area contributed by atoms with Crippen LogP contribution in [0.1, 0.15) is 32.1 Å². The monoisotopic (exact) mass is 382 g/mol. The Hall–Kier alpha value is -2.74. The van der Waals surface area contributed by atoms with Crippen LogP contribution in [0, 0.1) is 5.92 Å². The average Bonchev–Trinajstić information content (AvgIpc) is 2.75. The number of aromatic nitrogens is 3. The van der Waals surface area contributed by atoms with Crippen molar-refractivity contribution in [3.63, 3.8) is 0 Å². The number of nitrogens with one attached hydrogen (secondary N) is 1. The van der Waals surface area contributed by atoms with Crippen LogP contribution in [-0.4, -0.2) is 47.2 Å². The van der Waals surface area contributed by atoms with Crippen LogP contribution in [0.2, 0.25) is 0 Å². The number of pyridine rings is 1. The number of hydrogen-bond acceptors (Lipinski definition) is 7. The van der Waals surface area contributed by atoms with Crippen molar-refractivity contribution in [3.8, 4) is 11.3 Å². The van der Waals surface area contributed by atoms with Gasteiger partial charge in [-0.1, -0.05) is 19.3 Å². The summed E-state index contributed by atoms with van der Waals surface area (Å²) in [6.45, 7) is 2.72. The minimum Gasteiger partial charge on any atom is -0.384 e. The van der Waals surface area contributed by atoms with Crippen LogP contribution in [0.5, 0.6) is 0 Å². The second kappa shape index (κ2) is 8.52. The van der Waals surface area contributed by atoms with Crippen LogP contribution >= 0.6 is 0 Å². The van der Waals surface area contributed by atoms with Gasteiger partial charge < -0.3 is 20.7 Å². The van der Waals surface area contributed by atoms with E-state index in [4.69, 9.17) is 15.5 Å². The molecule has 1 saturated heterocycles. The fourth-order valence-corrected chi connectivity index (χ4v) is 3.70. The van der Waals surface area contributed by atoms with Crippen molar-refractivity contribution in [1.29, 1.82) is 0 Å². The Morgan fingerprint density at radius 1 is 1.14 bits per heavy atom. The summed E-state index contributed by atoms with van der Waals surface area (Å²) in [6.07, 6.45) is 7.02. The van der Waals surface area contributed by atoms with Crippen LogP contribution in [0.15, 0.2) is 24.4 Å². The van der Waals surface area contributed by atoms with Gasteiger partial charge in [0.1, 0.15) is 11.6 Å². The molecule has 28 heavy (non-hydrogen) atoms. The predicted octanol–water partition coefficient (Wildman–Crippen LogP) is 2.48. The summed E-state index contributed by atoms with van der Waals surface area (Å²) >= 11 is 0. The third kappa shape index (κ3) is 4.39. The van der Waals surface area contributed by atoms with Gasteiger partial charge >= 0.3 is 0 Å². The maximum Gasteiger partial charge on any atom is 0.228 e. The summed E-state index contributed by atoms with van der Waals surface area (Å²) < 4.78 is 5.43. The number of nitrogens with zero attached hydrogens (tertiary/aromatic N) is 4. The molecule has 2 aromatic heterocycles. The van der Waals surface area contributed by atoms with Gasteiger partial charge in [-0.3, -0.25) is 4.79 Å². The molecule has 3 heterocycles. The van der Waals surface area contributed by atoms with E-state index in [0.717, 1.165) is 44.3 Å². The highest BCUT2D eigenvalue weighted by atomic mass is 16.5. The van der Waals surface area contributed by atoms with Gasteiger partial charge in [-0.25, -0.2) is 9.97 Å². The van der Waals surface area contributed by atoms with E-state index < -0.39 is 0 Å². The molecule has 2 aromatic rings. The molecule has 2 fully saturated rings. The second-order valence-corrected chi connectivity index (χ2v) is 7.33. The fraction of sp³-hybridized carbons (Fsp3) is 0.500. The number of amides is 1. The van der Waals surface area contributed by atoms with Gasteiger partial charge in [-0.15, -0.1) is 0 Å². The summed E-state index contributed by atoms with van der Waals surface area (Å²) in [7, 11) is 0. The van der Waals surface area contributed by atoms with E-state index >= 15 is 0 Å². The van der Waals surface area contributed by atoms with E-state index in [-0.39, 0.29) is 11.8 Å². The van der Waals surface area contributed by atoms with E-state index in [9.17, 15) is 4.79 Å². The van der Waals surface area contributed by atoms with Crippen molar-refractivity contribution < 1.29 is 9.53 Å². The first-order valence-electron chi connectivity index (χ1n) is 9.93. The Morgan fingerprint density at radius 2 is 1.93 bits per heavy atom. The van der Waals surface area contributed by atoms with Crippen LogP contribution in [0.4, 0.5) is 17.6 Å². The molecule has 3 N–H and O–H groups in total. The fourth-order valence-electron chi connectivity index (χ4n) is 3.70. The Kier molecular flexibility index (Phi) is 5.66. The molecule has 8 nitrogen and oxygen atoms in total. The number of anilines is 3. The molecule has 1 amide bonds. The number of rotatable bonds is 4. The molecule has 0 spiro atoms. The van der Waals surface area contributed by atoms with Gasteiger partial charge in [0.25, 0.3) is 0 Å². The lowest BCUT2D eigenvalue weighted by atomic mass is 9.89. The van der Waals surface area contributed by atoms with Gasteiger partial charge in [0.15, 0.2) is 0 Å². The summed E-state index contributed by atoms with van der Waals surface area (Å²) in [6, 6.07) is 5.42. The molecule has 0 radical (unpaired) electrons. The number of carbonyl (C=O) groups is 1. The van der Waals surface area contributed by atoms with Crippen LogP contribution in [0.25, 0.3) is 11.3 Å². The molecule has 0 atom stereocenters. The van der Waals surface area contributed by atoms with E-state index in [0.29, 0.717) is 36.5 Å². The minimum absolute atomic E-state index is 0.0488. The zero-order valence-corrected chi connectivity index (χ0v) is 15.9. The van der Waals surface area contributed by atoms with Crippen molar-refractivity contribution in [1.82, 2.24) is 15.0 Å². The van der Waals surface area contributed by atoms with Crippen LogP contribution in [0.3, 0.4) is 0 Å². The first-order chi connectivity index (χ1) is 13.7. The molecule has 0 unspecified atom stereocenters. The highest BCUT2D eigenvalue weighted by molar-refractivity contribution is 5.92. The second-order valence-electron chi connectivity index (χ2n) is 7.33. The summed E-state index contributed by atoms with van der Waals surface area (Å²) in [5.41, 5.74) is 7.25. The largest absolute Gasteiger partial charge is 0.384 e. The predicted molar refractivity (Wildman–Crippen MR) is 108 cm³/mol. The molecule has 0 bridgehead atoms. The lowest BCUT2D eigenvalue weighted by Gasteiger charge is -2.27. The van der Waals surface area contributed by atoms with Crippen molar-refractivity contribution in [2.24, 2.45) is 5.92 Å². The van der Waals surface area contributed by atoms with Gasteiger partial charge in [0.2, 0.25) is 11.9 Å². The first kappa shape index (κ1) is 18.6. The van der Waals surface area contributed by atoms with Crippen molar-refractivity contribution >= 4 is 23.5 Å². The lowest BCUT2D eigenvalue weighted by molar-refractivity contribution is -0.120. The van der Waals surface area contributed by atoms with E-state index in [1.165, 1.54) is 6.42 Å². The number of nitrogen functional groups attached to an aromatic ring is 1. The number of carbonyl (C=O) groups excluding carboxylic acids is 1. The maximum atomic E-state index is 12.7. The number of nitrogens with two attached hydrogens (primary N) is 1. The standard InChI is InChI=1S/C20H26N6O2/c21-17-7-6-15(13-22-17)16-12-18(24-19(27)14-4-2-1-3-5-14)25-20(23-16)26-8-10-28-11-9-26/h6-7,12-14H,1-5,8-11H2,(H2,21,22)(H,23,24,25,27). The van der Waals surface area contributed by atoms with Crippen LogP contribution < -0.4 is 16.0 Å². The number of ether oxygens (including phenoxy) is 1. The topological polar surface area (TPSA) is 106 Å². The zero-order valence-electron chi connectivity index (χ0n) is 15.9. The third-order valence-electron chi connectivity index (χ3n) is 5.32. The highest BCUT2D eigenvalue weighted by Gasteiger charge is 2.23. The molecule has 2 aliphatic rings. The molecule has 1 aliphatic carbocycles. The highest BCUT2D eigenvalue weighted by Crippen LogP contribution is 2.27. The van der Waals surface area contributed by atoms with Crippen molar-refractivity contribution in [3.05, 3.63) is 24.4 Å². The Bertz CT molecular complexity index is 814. The molecule has 8 heteroatoms. The van der Waals surface area contributed by atoms with Gasteiger partial charge in [-0.2, -0.15) is 4.98 Å².